The van der Waals surface area contributed by atoms with E-state index < -0.39 is 6.04 Å². The van der Waals surface area contributed by atoms with E-state index in [1.165, 1.54) is 0 Å². The number of aryl methyl sites for hydroxylation is 1. The summed E-state index contributed by atoms with van der Waals surface area (Å²) >= 11 is 0. The summed E-state index contributed by atoms with van der Waals surface area (Å²) in [6, 6.07) is 11.2. The fraction of sp³-hybridized carbons (Fsp3) is 0.360. The van der Waals surface area contributed by atoms with Crippen LogP contribution in [0.3, 0.4) is 0 Å². The zero-order valence-electron chi connectivity index (χ0n) is 18.6. The van der Waals surface area contributed by atoms with Gasteiger partial charge in [0.15, 0.2) is 11.5 Å². The first-order valence-corrected chi connectivity index (χ1v) is 10.5. The van der Waals surface area contributed by atoms with Crippen LogP contribution < -0.4 is 15.0 Å². The maximum absolute atomic E-state index is 13.2. The van der Waals surface area contributed by atoms with Crippen molar-refractivity contribution < 1.29 is 14.3 Å². The lowest BCUT2D eigenvalue weighted by atomic mass is 9.87. The smallest absolute Gasteiger partial charge is 0.254 e. The molecule has 162 valence electrons. The standard InChI is InChI=1S/C25H28N2O4/c1-14(2)25(29)27-9-8-16-12-21(30-4)22(31-5)13-18(16)23(27)19-11-17-7-6-15(3)10-20(17)26-24(19)28/h6-7,10-14,23H,8-9H2,1-5H3,(H,26,28)/t23-/m1/s1. The summed E-state index contributed by atoms with van der Waals surface area (Å²) in [5, 5.41) is 0.935. The molecule has 0 bridgehead atoms. The van der Waals surface area contributed by atoms with Gasteiger partial charge < -0.3 is 19.4 Å². The second-order valence-electron chi connectivity index (χ2n) is 8.39. The molecule has 1 aliphatic heterocycles. The SMILES string of the molecule is COc1cc2c(cc1OC)[C@H](c1cc3ccc(C)cc3[nH]c1=O)N(C(=O)C(C)C)CC2. The van der Waals surface area contributed by atoms with Crippen molar-refractivity contribution in [1.29, 1.82) is 0 Å². The van der Waals surface area contributed by atoms with Gasteiger partial charge in [0.05, 0.1) is 20.3 Å². The number of rotatable bonds is 4. The van der Waals surface area contributed by atoms with Crippen LogP contribution in [0.25, 0.3) is 10.9 Å². The van der Waals surface area contributed by atoms with Crippen LogP contribution in [0.4, 0.5) is 0 Å². The first kappa shape index (κ1) is 21.0. The molecule has 2 heterocycles. The highest BCUT2D eigenvalue weighted by Gasteiger charge is 2.35. The zero-order chi connectivity index (χ0) is 22.3. The number of H-pyrrole nitrogens is 1. The Labute approximate surface area is 181 Å². The van der Waals surface area contributed by atoms with Crippen LogP contribution in [0.2, 0.25) is 0 Å². The van der Waals surface area contributed by atoms with E-state index in [9.17, 15) is 9.59 Å². The van der Waals surface area contributed by atoms with Gasteiger partial charge in [-0.2, -0.15) is 0 Å². The number of carbonyl (C=O) groups excluding carboxylic acids is 1. The number of hydrogen-bond donors (Lipinski definition) is 1. The molecule has 6 heteroatoms. The number of carbonyl (C=O) groups is 1. The predicted octanol–water partition coefficient (Wildman–Crippen LogP) is 3.98. The molecular weight excluding hydrogens is 392 g/mol. The quantitative estimate of drug-likeness (QED) is 0.693. The predicted molar refractivity (Wildman–Crippen MR) is 121 cm³/mol. The molecule has 6 nitrogen and oxygen atoms in total. The molecule has 2 aromatic carbocycles. The number of aromatic amines is 1. The molecular formula is C25H28N2O4. The summed E-state index contributed by atoms with van der Waals surface area (Å²) in [5.41, 5.74) is 4.19. The minimum Gasteiger partial charge on any atom is -0.493 e. The number of pyridine rings is 1. The highest BCUT2D eigenvalue weighted by molar-refractivity contribution is 5.82. The molecule has 1 aromatic heterocycles. The van der Waals surface area contributed by atoms with Gasteiger partial charge in [-0.15, -0.1) is 0 Å². The third-order valence-corrected chi connectivity index (χ3v) is 5.98. The second-order valence-corrected chi connectivity index (χ2v) is 8.39. The van der Waals surface area contributed by atoms with Gasteiger partial charge in [0.25, 0.3) is 5.56 Å². The van der Waals surface area contributed by atoms with Crippen molar-refractivity contribution in [3.8, 4) is 11.5 Å². The number of hydrogen-bond acceptors (Lipinski definition) is 4. The number of fused-ring (bicyclic) bond motifs is 2. The lowest BCUT2D eigenvalue weighted by Gasteiger charge is -2.38. The van der Waals surface area contributed by atoms with Gasteiger partial charge >= 0.3 is 0 Å². The maximum atomic E-state index is 13.2. The van der Waals surface area contributed by atoms with E-state index in [2.05, 4.69) is 4.98 Å². The molecule has 0 aliphatic carbocycles. The summed E-state index contributed by atoms with van der Waals surface area (Å²) in [5.74, 6) is 1.07. The first-order valence-electron chi connectivity index (χ1n) is 10.5. The molecule has 0 radical (unpaired) electrons. The van der Waals surface area contributed by atoms with E-state index >= 15 is 0 Å². The van der Waals surface area contributed by atoms with E-state index in [0.717, 1.165) is 27.6 Å². The van der Waals surface area contributed by atoms with Crippen molar-refractivity contribution in [3.05, 3.63) is 69.0 Å². The van der Waals surface area contributed by atoms with Crippen LogP contribution in [-0.4, -0.2) is 36.6 Å². The van der Waals surface area contributed by atoms with E-state index in [0.29, 0.717) is 30.0 Å². The summed E-state index contributed by atoms with van der Waals surface area (Å²) in [4.78, 5) is 31.2. The normalized spacial score (nSPS) is 15.8. The van der Waals surface area contributed by atoms with E-state index in [1.807, 2.05) is 62.1 Å². The Bertz CT molecular complexity index is 1210. The summed E-state index contributed by atoms with van der Waals surface area (Å²) in [6.07, 6.45) is 0.690. The molecule has 0 fully saturated rings. The molecule has 1 amide bonds. The zero-order valence-corrected chi connectivity index (χ0v) is 18.6. The van der Waals surface area contributed by atoms with Gasteiger partial charge in [-0.25, -0.2) is 0 Å². The topological polar surface area (TPSA) is 71.6 Å². The van der Waals surface area contributed by atoms with Crippen LogP contribution in [0.1, 0.15) is 42.1 Å². The minimum atomic E-state index is -0.493. The Kier molecular flexibility index (Phi) is 5.48. The molecule has 1 aliphatic rings. The van der Waals surface area contributed by atoms with Gasteiger partial charge in [-0.3, -0.25) is 9.59 Å². The van der Waals surface area contributed by atoms with Gasteiger partial charge in [0.2, 0.25) is 5.91 Å². The molecule has 0 spiro atoms. The lowest BCUT2D eigenvalue weighted by molar-refractivity contribution is -0.136. The largest absolute Gasteiger partial charge is 0.493 e. The van der Waals surface area contributed by atoms with Crippen molar-refractivity contribution in [2.24, 2.45) is 5.92 Å². The number of amides is 1. The summed E-state index contributed by atoms with van der Waals surface area (Å²) < 4.78 is 11.0. The van der Waals surface area contributed by atoms with E-state index in [-0.39, 0.29) is 17.4 Å². The van der Waals surface area contributed by atoms with Crippen molar-refractivity contribution in [2.45, 2.75) is 33.2 Å². The Morgan fingerprint density at radius 1 is 1.06 bits per heavy atom. The number of aromatic nitrogens is 1. The molecule has 31 heavy (non-hydrogen) atoms. The number of nitrogens with zero attached hydrogens (tertiary/aromatic N) is 1. The van der Waals surface area contributed by atoms with Crippen LogP contribution in [-0.2, 0) is 11.2 Å². The van der Waals surface area contributed by atoms with Crippen LogP contribution in [0.15, 0.2) is 41.2 Å². The summed E-state index contributed by atoms with van der Waals surface area (Å²) in [6.45, 7) is 6.30. The van der Waals surface area contributed by atoms with Crippen molar-refractivity contribution in [2.75, 3.05) is 20.8 Å². The molecule has 4 rings (SSSR count). The van der Waals surface area contributed by atoms with E-state index in [1.54, 1.807) is 14.2 Å². The molecule has 0 unspecified atom stereocenters. The van der Waals surface area contributed by atoms with Gasteiger partial charge in [0.1, 0.15) is 0 Å². The fourth-order valence-corrected chi connectivity index (χ4v) is 4.39. The lowest BCUT2D eigenvalue weighted by Crippen LogP contribution is -2.44. The van der Waals surface area contributed by atoms with Crippen molar-refractivity contribution in [3.63, 3.8) is 0 Å². The molecule has 1 atom stereocenters. The van der Waals surface area contributed by atoms with Crippen LogP contribution >= 0.6 is 0 Å². The molecule has 0 saturated heterocycles. The highest BCUT2D eigenvalue weighted by atomic mass is 16.5. The number of benzene rings is 2. The van der Waals surface area contributed by atoms with Crippen molar-refractivity contribution in [1.82, 2.24) is 9.88 Å². The third kappa shape index (κ3) is 3.67. The Morgan fingerprint density at radius 2 is 1.77 bits per heavy atom. The third-order valence-electron chi connectivity index (χ3n) is 5.98. The monoisotopic (exact) mass is 420 g/mol. The fourth-order valence-electron chi connectivity index (χ4n) is 4.39. The number of nitrogens with one attached hydrogen (secondary N) is 1. The van der Waals surface area contributed by atoms with Gasteiger partial charge in [-0.1, -0.05) is 26.0 Å². The Morgan fingerprint density at radius 3 is 2.45 bits per heavy atom. The first-order chi connectivity index (χ1) is 14.8. The average molecular weight is 421 g/mol. The Balaban J connectivity index is 1.97. The van der Waals surface area contributed by atoms with Crippen LogP contribution in [0, 0.1) is 12.8 Å². The minimum absolute atomic E-state index is 0.0221. The van der Waals surface area contributed by atoms with Gasteiger partial charge in [0, 0.05) is 23.5 Å². The molecule has 1 N–H and O–H groups in total. The molecule has 3 aromatic rings. The average Bonchev–Trinajstić information content (AvgIpc) is 2.76. The molecule has 0 saturated carbocycles. The number of ether oxygens (including phenoxy) is 2. The van der Waals surface area contributed by atoms with E-state index in [4.69, 9.17) is 9.47 Å². The highest BCUT2D eigenvalue weighted by Crippen LogP contribution is 2.41. The van der Waals surface area contributed by atoms with Gasteiger partial charge in [-0.05, 0) is 59.7 Å². The maximum Gasteiger partial charge on any atom is 0.254 e. The van der Waals surface area contributed by atoms with Crippen LogP contribution in [0.5, 0.6) is 11.5 Å². The second kappa shape index (κ2) is 8.10. The summed E-state index contributed by atoms with van der Waals surface area (Å²) in [7, 11) is 3.19. The van der Waals surface area contributed by atoms with Crippen molar-refractivity contribution >= 4 is 16.8 Å². The Hall–Kier alpha value is -3.28. The number of methoxy groups -OCH3 is 2.